The Bertz CT molecular complexity index is 946. The monoisotopic (exact) mass is 468 g/mol. The molecule has 2 aromatic rings. The molecule has 1 amide bonds. The average molecular weight is 469 g/mol. The molecule has 2 aromatic heterocycles. The van der Waals surface area contributed by atoms with E-state index in [9.17, 15) is 15.0 Å². The zero-order valence-electron chi connectivity index (χ0n) is 18.3. The average Bonchev–Trinajstić information content (AvgIpc) is 3.13. The van der Waals surface area contributed by atoms with Gasteiger partial charge in [0, 0.05) is 23.9 Å². The summed E-state index contributed by atoms with van der Waals surface area (Å²) in [6, 6.07) is 1.11. The molecule has 3 atom stereocenters. The summed E-state index contributed by atoms with van der Waals surface area (Å²) in [7, 11) is 0. The van der Waals surface area contributed by atoms with E-state index in [1.165, 1.54) is 17.5 Å². The van der Waals surface area contributed by atoms with E-state index in [1.807, 2.05) is 27.7 Å². The van der Waals surface area contributed by atoms with E-state index in [4.69, 9.17) is 16.3 Å². The highest BCUT2D eigenvalue weighted by Gasteiger charge is 2.35. The van der Waals surface area contributed by atoms with Gasteiger partial charge in [0.15, 0.2) is 6.29 Å². The number of carbonyl (C=O) groups is 1. The van der Waals surface area contributed by atoms with Crippen LogP contribution in [0.5, 0.6) is 0 Å². The molecule has 8 nitrogen and oxygen atoms in total. The van der Waals surface area contributed by atoms with Crippen LogP contribution in [0.25, 0.3) is 10.6 Å². The van der Waals surface area contributed by atoms with Crippen molar-refractivity contribution in [1.29, 1.82) is 0 Å². The normalized spacial score (nSPS) is 17.3. The van der Waals surface area contributed by atoms with Gasteiger partial charge in [-0.25, -0.2) is 9.97 Å². The molecule has 0 saturated heterocycles. The van der Waals surface area contributed by atoms with E-state index < -0.39 is 17.9 Å². The Hall–Kier alpha value is -1.78. The lowest BCUT2D eigenvalue weighted by Crippen LogP contribution is -2.50. The van der Waals surface area contributed by atoms with Crippen LogP contribution in [-0.4, -0.2) is 68.1 Å². The third kappa shape index (κ3) is 5.53. The van der Waals surface area contributed by atoms with Gasteiger partial charge in [0.1, 0.15) is 5.69 Å². The van der Waals surface area contributed by atoms with Gasteiger partial charge in [0.25, 0.3) is 5.91 Å². The number of fused-ring (bicyclic) bond motifs is 1. The lowest BCUT2D eigenvalue weighted by molar-refractivity contribution is -0.189. The molecule has 0 aliphatic carbocycles. The molecule has 2 unspecified atom stereocenters. The second-order valence-electron chi connectivity index (χ2n) is 8.68. The van der Waals surface area contributed by atoms with E-state index in [-0.39, 0.29) is 18.6 Å². The Balaban J connectivity index is 1.84. The molecule has 3 N–H and O–H groups in total. The van der Waals surface area contributed by atoms with E-state index >= 15 is 0 Å². The number of hydrogen-bond acceptors (Lipinski definition) is 8. The minimum absolute atomic E-state index is 0.0537. The summed E-state index contributed by atoms with van der Waals surface area (Å²) in [5.74, 6) is 0.210. The molecular formula is C21H29ClN4O4S. The van der Waals surface area contributed by atoms with Gasteiger partial charge in [0.05, 0.1) is 39.9 Å². The number of hydrogen-bond donors (Lipinski definition) is 3. The number of aliphatic hydroxyl groups excluding tert-OH is 2. The van der Waals surface area contributed by atoms with Gasteiger partial charge in [-0.3, -0.25) is 4.79 Å². The van der Waals surface area contributed by atoms with Gasteiger partial charge in [0.2, 0.25) is 5.95 Å². The summed E-state index contributed by atoms with van der Waals surface area (Å²) < 4.78 is 5.64. The molecule has 0 aromatic carbocycles. The highest BCUT2D eigenvalue weighted by Crippen LogP contribution is 2.37. The van der Waals surface area contributed by atoms with Crippen molar-refractivity contribution in [2.45, 2.75) is 65.0 Å². The van der Waals surface area contributed by atoms with Gasteiger partial charge in [-0.2, -0.15) is 0 Å². The van der Waals surface area contributed by atoms with Gasteiger partial charge < -0.3 is 25.2 Å². The number of aromatic nitrogens is 2. The topological polar surface area (TPSA) is 108 Å². The quantitative estimate of drug-likeness (QED) is 0.535. The minimum Gasteiger partial charge on any atom is -0.394 e. The number of carbonyl (C=O) groups excluding carboxylic acids is 1. The Morgan fingerprint density at radius 3 is 2.74 bits per heavy atom. The van der Waals surface area contributed by atoms with E-state index in [2.05, 4.69) is 15.3 Å². The first-order valence-corrected chi connectivity index (χ1v) is 11.4. The van der Waals surface area contributed by atoms with Crippen molar-refractivity contribution in [3.05, 3.63) is 27.7 Å². The number of rotatable bonds is 7. The van der Waals surface area contributed by atoms with Gasteiger partial charge in [-0.05, 0) is 40.7 Å². The van der Waals surface area contributed by atoms with Gasteiger partial charge in [-0.1, -0.05) is 11.6 Å². The van der Waals surface area contributed by atoms with Crippen LogP contribution in [-0.2, 0) is 11.2 Å². The third-order valence-corrected chi connectivity index (χ3v) is 6.36. The number of halogens is 1. The van der Waals surface area contributed by atoms with E-state index in [0.717, 1.165) is 9.75 Å². The lowest BCUT2D eigenvalue weighted by atomic mass is 10.1. The minimum atomic E-state index is -1.08. The largest absolute Gasteiger partial charge is 0.394 e. The van der Waals surface area contributed by atoms with Crippen molar-refractivity contribution in [2.24, 2.45) is 0 Å². The van der Waals surface area contributed by atoms with Crippen LogP contribution in [0.15, 0.2) is 12.3 Å². The number of nitrogens with zero attached hydrogens (tertiary/aromatic N) is 3. The fourth-order valence-corrected chi connectivity index (χ4v) is 4.66. The Labute approximate surface area is 191 Å². The fourth-order valence-electron chi connectivity index (χ4n) is 3.27. The molecule has 0 fully saturated rings. The molecule has 3 rings (SSSR count). The van der Waals surface area contributed by atoms with Crippen LogP contribution in [0.2, 0.25) is 5.02 Å². The van der Waals surface area contributed by atoms with E-state index in [0.29, 0.717) is 35.2 Å². The molecule has 0 spiro atoms. The highest BCUT2D eigenvalue weighted by molar-refractivity contribution is 7.16. The smallest absolute Gasteiger partial charge is 0.255 e. The lowest BCUT2D eigenvalue weighted by Gasteiger charge is -2.37. The molecule has 3 heterocycles. The summed E-state index contributed by atoms with van der Waals surface area (Å²) in [5.41, 5.74) is 0.608. The number of anilines is 1. The van der Waals surface area contributed by atoms with E-state index in [1.54, 1.807) is 17.9 Å². The van der Waals surface area contributed by atoms with Crippen molar-refractivity contribution in [3.8, 4) is 10.6 Å². The fraction of sp³-hybridized carbons (Fsp3) is 0.571. The standard InChI is InChI=1S/C21H29ClN4O4S/c1-11(10-27)24-20-23-9-14(22)17(25-20)16-8-13-15(31-16)6-7-26(18(13)28)12(2)19(29)30-21(3,4)5/h8-9,11-12,19,27,29H,6-7,10H2,1-5H3,(H,23,24,25)/t11-,12?,19?/m0/s1. The number of amides is 1. The molecule has 170 valence electrons. The summed E-state index contributed by atoms with van der Waals surface area (Å²) >= 11 is 7.82. The molecule has 0 bridgehead atoms. The third-order valence-electron chi connectivity index (χ3n) is 4.89. The van der Waals surface area contributed by atoms with Crippen LogP contribution >= 0.6 is 22.9 Å². The first-order valence-electron chi connectivity index (χ1n) is 10.2. The summed E-state index contributed by atoms with van der Waals surface area (Å²) in [6.45, 7) is 9.62. The van der Waals surface area contributed by atoms with Crippen molar-refractivity contribution in [3.63, 3.8) is 0 Å². The van der Waals surface area contributed by atoms with Gasteiger partial charge in [-0.15, -0.1) is 11.3 Å². The number of aliphatic hydroxyl groups is 2. The van der Waals surface area contributed by atoms with Crippen molar-refractivity contribution in [2.75, 3.05) is 18.5 Å². The van der Waals surface area contributed by atoms with Crippen LogP contribution in [0.4, 0.5) is 5.95 Å². The molecule has 1 aliphatic rings. The highest BCUT2D eigenvalue weighted by atomic mass is 35.5. The first kappa shape index (κ1) is 23.9. The molecule has 0 radical (unpaired) electrons. The van der Waals surface area contributed by atoms with Crippen LogP contribution in [0, 0.1) is 0 Å². The van der Waals surface area contributed by atoms with Crippen LogP contribution < -0.4 is 5.32 Å². The molecule has 10 heteroatoms. The maximum atomic E-state index is 13.2. The van der Waals surface area contributed by atoms with Gasteiger partial charge >= 0.3 is 0 Å². The SMILES string of the molecule is CC(C(O)OC(C)(C)C)N1CCc2sc(-c3nc(N[C@@H](C)CO)ncc3Cl)cc2C1=O. The Morgan fingerprint density at radius 2 is 2.10 bits per heavy atom. The summed E-state index contributed by atoms with van der Waals surface area (Å²) in [5, 5.41) is 23.1. The second-order valence-corrected chi connectivity index (χ2v) is 10.2. The van der Waals surface area contributed by atoms with Crippen molar-refractivity contribution < 1.29 is 19.7 Å². The second kappa shape index (κ2) is 9.38. The summed E-state index contributed by atoms with van der Waals surface area (Å²) in [6.07, 6.45) is 1.10. The maximum absolute atomic E-state index is 13.2. The van der Waals surface area contributed by atoms with Crippen LogP contribution in [0.1, 0.15) is 49.9 Å². The number of ether oxygens (including phenoxy) is 1. The van der Waals surface area contributed by atoms with Crippen molar-refractivity contribution >= 4 is 34.8 Å². The molecule has 1 aliphatic heterocycles. The Kier molecular flexibility index (Phi) is 7.22. The molecule has 31 heavy (non-hydrogen) atoms. The van der Waals surface area contributed by atoms with Crippen LogP contribution in [0.3, 0.4) is 0 Å². The van der Waals surface area contributed by atoms with Crippen molar-refractivity contribution in [1.82, 2.24) is 14.9 Å². The zero-order valence-corrected chi connectivity index (χ0v) is 19.9. The number of nitrogens with one attached hydrogen (secondary N) is 1. The first-order chi connectivity index (χ1) is 14.5. The zero-order chi connectivity index (χ0) is 22.9. The maximum Gasteiger partial charge on any atom is 0.255 e. The molecule has 0 saturated carbocycles. The Morgan fingerprint density at radius 1 is 1.39 bits per heavy atom. The molecular weight excluding hydrogens is 440 g/mol. The number of thiophene rings is 1. The predicted molar refractivity (Wildman–Crippen MR) is 122 cm³/mol. The predicted octanol–water partition coefficient (Wildman–Crippen LogP) is 3.17. The summed E-state index contributed by atoms with van der Waals surface area (Å²) in [4.78, 5) is 25.2.